The first-order valence-corrected chi connectivity index (χ1v) is 9.15. The second-order valence-electron chi connectivity index (χ2n) is 5.28. The second kappa shape index (κ2) is 7.97. The molecule has 0 heterocycles. The molecular formula is C16H13ClF3N3O3S. The molecule has 0 fully saturated rings. The molecule has 0 saturated carbocycles. The van der Waals surface area contributed by atoms with Crippen LogP contribution in [0.1, 0.15) is 12.5 Å². The van der Waals surface area contributed by atoms with E-state index in [2.05, 4.69) is 9.93 Å². The van der Waals surface area contributed by atoms with Crippen LogP contribution in [0.5, 0.6) is 0 Å². The van der Waals surface area contributed by atoms with Gasteiger partial charge in [0.2, 0.25) is 0 Å². The monoisotopic (exact) mass is 419 g/mol. The van der Waals surface area contributed by atoms with E-state index in [4.69, 9.17) is 11.6 Å². The first-order chi connectivity index (χ1) is 12.5. The smallest absolute Gasteiger partial charge is 0.318 e. The zero-order valence-electron chi connectivity index (χ0n) is 13.7. The van der Waals surface area contributed by atoms with Gasteiger partial charge in [0.25, 0.3) is 10.0 Å². The number of alkyl halides is 3. The molecule has 2 aromatic carbocycles. The summed E-state index contributed by atoms with van der Waals surface area (Å²) in [7, 11) is -3.90. The van der Waals surface area contributed by atoms with E-state index in [0.717, 1.165) is 0 Å². The molecule has 0 atom stereocenters. The van der Waals surface area contributed by atoms with Crippen LogP contribution in [-0.4, -0.2) is 26.2 Å². The number of sulfonamides is 1. The van der Waals surface area contributed by atoms with Gasteiger partial charge in [-0.1, -0.05) is 23.7 Å². The van der Waals surface area contributed by atoms with Gasteiger partial charge >= 0.3 is 12.1 Å². The van der Waals surface area contributed by atoms with Crippen molar-refractivity contribution in [1.82, 2.24) is 4.83 Å². The van der Waals surface area contributed by atoms with Crippen LogP contribution in [-0.2, 0) is 14.8 Å². The maximum absolute atomic E-state index is 12.2. The topological polar surface area (TPSA) is 87.6 Å². The molecule has 11 heteroatoms. The van der Waals surface area contributed by atoms with Crippen molar-refractivity contribution in [2.75, 3.05) is 5.32 Å². The third kappa shape index (κ3) is 5.69. The van der Waals surface area contributed by atoms with Crippen molar-refractivity contribution in [1.29, 1.82) is 0 Å². The lowest BCUT2D eigenvalue weighted by Gasteiger charge is -2.09. The van der Waals surface area contributed by atoms with Gasteiger partial charge in [-0.3, -0.25) is 4.79 Å². The van der Waals surface area contributed by atoms with Gasteiger partial charge in [0.05, 0.1) is 10.6 Å². The first-order valence-electron chi connectivity index (χ1n) is 7.29. The van der Waals surface area contributed by atoms with Crippen LogP contribution in [0, 0.1) is 0 Å². The van der Waals surface area contributed by atoms with E-state index < -0.39 is 22.1 Å². The van der Waals surface area contributed by atoms with Crippen molar-refractivity contribution in [2.45, 2.75) is 18.0 Å². The molecule has 0 aliphatic heterocycles. The number of halogens is 4. The summed E-state index contributed by atoms with van der Waals surface area (Å²) in [5.41, 5.74) is 0.649. The molecule has 0 saturated heterocycles. The van der Waals surface area contributed by atoms with E-state index in [0.29, 0.717) is 10.6 Å². The Kier molecular flexibility index (Phi) is 6.11. The molecule has 0 radical (unpaired) electrons. The fourth-order valence-electron chi connectivity index (χ4n) is 1.86. The molecular weight excluding hydrogens is 407 g/mol. The van der Waals surface area contributed by atoms with Gasteiger partial charge in [0.15, 0.2) is 0 Å². The van der Waals surface area contributed by atoms with Gasteiger partial charge in [0.1, 0.15) is 0 Å². The Labute approximate surface area is 158 Å². The number of benzene rings is 2. The number of nitrogens with one attached hydrogen (secondary N) is 2. The predicted octanol–water partition coefficient (Wildman–Crippen LogP) is 3.54. The minimum Gasteiger partial charge on any atom is -0.318 e. The molecule has 0 aliphatic rings. The van der Waals surface area contributed by atoms with Gasteiger partial charge in [-0.25, -0.2) is 0 Å². The molecule has 2 N–H and O–H groups in total. The van der Waals surface area contributed by atoms with E-state index in [1.54, 1.807) is 5.32 Å². The molecule has 6 nitrogen and oxygen atoms in total. The highest BCUT2D eigenvalue weighted by atomic mass is 35.5. The van der Waals surface area contributed by atoms with E-state index in [1.807, 2.05) is 0 Å². The average molecular weight is 420 g/mol. The molecule has 0 aromatic heterocycles. The van der Waals surface area contributed by atoms with Crippen molar-refractivity contribution in [3.05, 3.63) is 59.1 Å². The first kappa shape index (κ1) is 20.7. The highest BCUT2D eigenvalue weighted by Gasteiger charge is 2.38. The largest absolute Gasteiger partial charge is 0.471 e. The van der Waals surface area contributed by atoms with Gasteiger partial charge in [-0.2, -0.15) is 31.5 Å². The highest BCUT2D eigenvalue weighted by Crippen LogP contribution is 2.19. The minimum atomic E-state index is -4.99. The predicted molar refractivity (Wildman–Crippen MR) is 95.1 cm³/mol. The van der Waals surface area contributed by atoms with E-state index in [1.165, 1.54) is 55.5 Å². The van der Waals surface area contributed by atoms with E-state index in [9.17, 15) is 26.4 Å². The summed E-state index contributed by atoms with van der Waals surface area (Å²) in [5, 5.41) is 5.86. The third-order valence-electron chi connectivity index (χ3n) is 3.28. The lowest BCUT2D eigenvalue weighted by molar-refractivity contribution is -0.167. The Balaban J connectivity index is 2.09. The van der Waals surface area contributed by atoms with Gasteiger partial charge in [-0.05, 0) is 48.9 Å². The number of hydrogen-bond acceptors (Lipinski definition) is 4. The number of nitrogens with zero attached hydrogens (tertiary/aromatic N) is 1. The summed E-state index contributed by atoms with van der Waals surface area (Å²) in [6.45, 7) is 1.51. The second-order valence-corrected chi connectivity index (χ2v) is 7.37. The summed E-state index contributed by atoms with van der Waals surface area (Å²) in [5.74, 6) is -2.09. The van der Waals surface area contributed by atoms with Crippen molar-refractivity contribution < 1.29 is 26.4 Å². The summed E-state index contributed by atoms with van der Waals surface area (Å²) >= 11 is 5.71. The highest BCUT2D eigenvalue weighted by molar-refractivity contribution is 7.89. The van der Waals surface area contributed by atoms with E-state index >= 15 is 0 Å². The maximum atomic E-state index is 12.2. The van der Waals surface area contributed by atoms with Crippen molar-refractivity contribution in [2.24, 2.45) is 5.10 Å². The third-order valence-corrected chi connectivity index (χ3v) is 4.75. The van der Waals surface area contributed by atoms with Crippen molar-refractivity contribution in [3.63, 3.8) is 0 Å². The van der Waals surface area contributed by atoms with Gasteiger partial charge in [-0.15, -0.1) is 0 Å². The van der Waals surface area contributed by atoms with Crippen LogP contribution in [0.15, 0.2) is 58.5 Å². The average Bonchev–Trinajstić information content (AvgIpc) is 2.60. The fraction of sp³-hybridized carbons (Fsp3) is 0.125. The Morgan fingerprint density at radius 3 is 2.11 bits per heavy atom. The standard InChI is InChI=1S/C16H13ClF3N3O3S/c1-10(22-23-27(25,26)14-8-4-12(17)5-9-14)11-2-6-13(7-3-11)21-15(24)16(18,19)20/h2-9,23H,1H3,(H,21,24). The number of rotatable bonds is 5. The Hall–Kier alpha value is -2.59. The van der Waals surface area contributed by atoms with E-state index in [-0.39, 0.29) is 16.3 Å². The molecule has 0 aliphatic carbocycles. The maximum Gasteiger partial charge on any atom is 0.471 e. The van der Waals surface area contributed by atoms with Crippen LogP contribution in [0.25, 0.3) is 0 Å². The molecule has 144 valence electrons. The Bertz CT molecular complexity index is 957. The zero-order chi connectivity index (χ0) is 20.2. The molecule has 0 bridgehead atoms. The zero-order valence-corrected chi connectivity index (χ0v) is 15.3. The molecule has 2 rings (SSSR count). The number of anilines is 1. The molecule has 0 unspecified atom stereocenters. The van der Waals surface area contributed by atoms with Crippen LogP contribution in [0.2, 0.25) is 5.02 Å². The van der Waals surface area contributed by atoms with Crippen molar-refractivity contribution >= 4 is 38.9 Å². The number of amides is 1. The molecule has 1 amide bonds. The summed E-state index contributed by atoms with van der Waals surface area (Å²) < 4.78 is 60.9. The van der Waals surface area contributed by atoms with Crippen LogP contribution in [0.3, 0.4) is 0 Å². The lowest BCUT2D eigenvalue weighted by atomic mass is 10.1. The minimum absolute atomic E-state index is 0.0336. The lowest BCUT2D eigenvalue weighted by Crippen LogP contribution is -2.29. The van der Waals surface area contributed by atoms with Crippen LogP contribution in [0.4, 0.5) is 18.9 Å². The molecule has 2 aromatic rings. The summed E-state index contributed by atoms with van der Waals surface area (Å²) in [6, 6.07) is 10.7. The number of carbonyl (C=O) groups excluding carboxylic acids is 1. The normalized spacial score (nSPS) is 12.6. The number of hydrogen-bond donors (Lipinski definition) is 2. The van der Waals surface area contributed by atoms with Crippen molar-refractivity contribution in [3.8, 4) is 0 Å². The number of carbonyl (C=O) groups is 1. The SMILES string of the molecule is CC(=NNS(=O)(=O)c1ccc(Cl)cc1)c1ccc(NC(=O)C(F)(F)F)cc1. The molecule has 0 spiro atoms. The Morgan fingerprint density at radius 1 is 1.04 bits per heavy atom. The van der Waals surface area contributed by atoms with Gasteiger partial charge < -0.3 is 5.32 Å². The number of hydrazone groups is 1. The summed E-state index contributed by atoms with van der Waals surface area (Å²) in [6.07, 6.45) is -4.99. The van der Waals surface area contributed by atoms with Gasteiger partial charge in [0, 0.05) is 10.7 Å². The van der Waals surface area contributed by atoms with Crippen LogP contribution >= 0.6 is 11.6 Å². The summed E-state index contributed by atoms with van der Waals surface area (Å²) in [4.78, 5) is 12.9. The molecule has 27 heavy (non-hydrogen) atoms. The quantitative estimate of drug-likeness (QED) is 0.574. The van der Waals surface area contributed by atoms with Crippen LogP contribution < -0.4 is 10.1 Å². The Morgan fingerprint density at radius 2 is 1.59 bits per heavy atom. The fourth-order valence-corrected chi connectivity index (χ4v) is 2.84.